The summed E-state index contributed by atoms with van der Waals surface area (Å²) < 4.78 is 17.9. The van der Waals surface area contributed by atoms with Gasteiger partial charge in [0.15, 0.2) is 0 Å². The lowest BCUT2D eigenvalue weighted by atomic mass is 10.2. The van der Waals surface area contributed by atoms with Crippen LogP contribution in [0.3, 0.4) is 0 Å². The molecule has 0 spiro atoms. The van der Waals surface area contributed by atoms with E-state index in [1.54, 1.807) is 6.07 Å². The monoisotopic (exact) mass is 251 g/mol. The van der Waals surface area contributed by atoms with E-state index in [1.165, 1.54) is 19.2 Å². The predicted molar refractivity (Wildman–Crippen MR) is 64.2 cm³/mol. The number of benzene rings is 1. The van der Waals surface area contributed by atoms with E-state index in [2.05, 4.69) is 5.32 Å². The number of nitrogens with two attached hydrogens (primary N) is 1. The molecule has 0 saturated heterocycles. The topological polar surface area (TPSA) is 88.1 Å². The molecule has 3 N–H and O–H groups in total. The van der Waals surface area contributed by atoms with Gasteiger partial charge in [0.25, 0.3) is 0 Å². The molecular weight excluding hydrogens is 237 g/mol. The molecule has 1 aromatic carbocycles. The van der Waals surface area contributed by atoms with Crippen LogP contribution in [0.1, 0.15) is 12.0 Å². The van der Waals surface area contributed by atoms with Gasteiger partial charge in [-0.1, -0.05) is 0 Å². The van der Waals surface area contributed by atoms with Crippen LogP contribution in [0.2, 0.25) is 0 Å². The number of halogens is 1. The van der Waals surface area contributed by atoms with Gasteiger partial charge < -0.3 is 15.8 Å². The Balaban J connectivity index is 2.67. The SMILES string of the molecule is COCCC(N)C(=O)Nc1ccc(F)c(C#N)c1. The molecule has 96 valence electrons. The van der Waals surface area contributed by atoms with Crippen LogP contribution in [-0.2, 0) is 9.53 Å². The van der Waals surface area contributed by atoms with Crippen LogP contribution >= 0.6 is 0 Å². The molecule has 0 fully saturated rings. The summed E-state index contributed by atoms with van der Waals surface area (Å²) in [5.74, 6) is -1.03. The van der Waals surface area contributed by atoms with Crippen molar-refractivity contribution >= 4 is 11.6 Å². The molecule has 1 atom stereocenters. The van der Waals surface area contributed by atoms with Gasteiger partial charge in [0, 0.05) is 19.4 Å². The summed E-state index contributed by atoms with van der Waals surface area (Å²) in [5.41, 5.74) is 5.83. The Hall–Kier alpha value is -1.97. The van der Waals surface area contributed by atoms with E-state index in [1.807, 2.05) is 0 Å². The molecule has 5 nitrogen and oxygen atoms in total. The Kier molecular flexibility index (Phi) is 5.24. The molecule has 0 heterocycles. The van der Waals surface area contributed by atoms with Crippen LogP contribution in [0.15, 0.2) is 18.2 Å². The Morgan fingerprint density at radius 2 is 2.39 bits per heavy atom. The highest BCUT2D eigenvalue weighted by Crippen LogP contribution is 2.14. The van der Waals surface area contributed by atoms with Gasteiger partial charge in [0.2, 0.25) is 5.91 Å². The standard InChI is InChI=1S/C12H14FN3O2/c1-18-5-4-11(15)12(17)16-9-2-3-10(13)8(6-9)7-14/h2-3,6,11H,4-5,15H2,1H3,(H,16,17). The van der Waals surface area contributed by atoms with Crippen LogP contribution in [0.25, 0.3) is 0 Å². The second-order valence-corrected chi connectivity index (χ2v) is 3.68. The molecule has 1 amide bonds. The molecule has 1 aromatic rings. The first kappa shape index (κ1) is 14.1. The Morgan fingerprint density at radius 3 is 3.00 bits per heavy atom. The van der Waals surface area contributed by atoms with Gasteiger partial charge in [-0.25, -0.2) is 4.39 Å². The number of nitrogens with zero attached hydrogens (tertiary/aromatic N) is 1. The molecule has 18 heavy (non-hydrogen) atoms. The normalized spacial score (nSPS) is 11.7. The molecule has 1 unspecified atom stereocenters. The molecule has 0 bridgehead atoms. The van der Waals surface area contributed by atoms with Crippen molar-refractivity contribution < 1.29 is 13.9 Å². The molecule has 0 aliphatic rings. The van der Waals surface area contributed by atoms with Gasteiger partial charge in [-0.3, -0.25) is 4.79 Å². The third kappa shape index (κ3) is 3.80. The third-order valence-electron chi connectivity index (χ3n) is 2.32. The number of hydrogen-bond acceptors (Lipinski definition) is 4. The average Bonchev–Trinajstić information content (AvgIpc) is 2.37. The smallest absolute Gasteiger partial charge is 0.241 e. The molecule has 0 aliphatic heterocycles. The zero-order valence-corrected chi connectivity index (χ0v) is 9.94. The van der Waals surface area contributed by atoms with Crippen molar-refractivity contribution in [3.05, 3.63) is 29.6 Å². The minimum absolute atomic E-state index is 0.127. The maximum Gasteiger partial charge on any atom is 0.241 e. The largest absolute Gasteiger partial charge is 0.385 e. The number of nitrogens with one attached hydrogen (secondary N) is 1. The fourth-order valence-corrected chi connectivity index (χ4v) is 1.30. The average molecular weight is 251 g/mol. The van der Waals surface area contributed by atoms with E-state index in [-0.39, 0.29) is 5.56 Å². The van der Waals surface area contributed by atoms with Crippen molar-refractivity contribution in [1.29, 1.82) is 5.26 Å². The summed E-state index contributed by atoms with van der Waals surface area (Å²) in [4.78, 5) is 11.6. The van der Waals surface area contributed by atoms with E-state index in [0.717, 1.165) is 6.07 Å². The summed E-state index contributed by atoms with van der Waals surface area (Å²) in [6.07, 6.45) is 0.384. The van der Waals surface area contributed by atoms with Gasteiger partial charge in [-0.05, 0) is 24.6 Å². The molecule has 0 aromatic heterocycles. The van der Waals surface area contributed by atoms with Gasteiger partial charge >= 0.3 is 0 Å². The third-order valence-corrected chi connectivity index (χ3v) is 2.32. The van der Waals surface area contributed by atoms with Gasteiger partial charge in [-0.2, -0.15) is 5.26 Å². The first-order chi connectivity index (χ1) is 8.58. The van der Waals surface area contributed by atoms with Gasteiger partial charge in [0.05, 0.1) is 11.6 Å². The maximum absolute atomic E-state index is 13.1. The number of anilines is 1. The predicted octanol–water partition coefficient (Wildman–Crippen LogP) is 1.000. The van der Waals surface area contributed by atoms with Crippen molar-refractivity contribution in [3.8, 4) is 6.07 Å². The minimum Gasteiger partial charge on any atom is -0.385 e. The van der Waals surface area contributed by atoms with Gasteiger partial charge in [0.1, 0.15) is 11.9 Å². The molecule has 6 heteroatoms. The second-order valence-electron chi connectivity index (χ2n) is 3.68. The van der Waals surface area contributed by atoms with E-state index < -0.39 is 17.8 Å². The minimum atomic E-state index is -0.708. The number of methoxy groups -OCH3 is 1. The Labute approximate surface area is 104 Å². The highest BCUT2D eigenvalue weighted by atomic mass is 19.1. The van der Waals surface area contributed by atoms with Crippen molar-refractivity contribution in [2.24, 2.45) is 5.73 Å². The second kappa shape index (κ2) is 6.69. The highest BCUT2D eigenvalue weighted by molar-refractivity contribution is 5.94. The number of carbonyl (C=O) groups is 1. The first-order valence-electron chi connectivity index (χ1n) is 5.33. The summed E-state index contributed by atoms with van der Waals surface area (Å²) in [5, 5.41) is 11.2. The van der Waals surface area contributed by atoms with Crippen LogP contribution < -0.4 is 11.1 Å². The number of hydrogen-bond donors (Lipinski definition) is 2. The lowest BCUT2D eigenvalue weighted by Gasteiger charge is -2.11. The van der Waals surface area contributed by atoms with Crippen LogP contribution in [0.5, 0.6) is 0 Å². The molecular formula is C12H14FN3O2. The molecule has 0 saturated carbocycles. The summed E-state index contributed by atoms with van der Waals surface area (Å²) >= 11 is 0. The van der Waals surface area contributed by atoms with Crippen LogP contribution in [0.4, 0.5) is 10.1 Å². The first-order valence-corrected chi connectivity index (χ1v) is 5.33. The van der Waals surface area contributed by atoms with Crippen LogP contribution in [0, 0.1) is 17.1 Å². The van der Waals surface area contributed by atoms with E-state index in [9.17, 15) is 9.18 Å². The number of amides is 1. The maximum atomic E-state index is 13.1. The fraction of sp³-hybridized carbons (Fsp3) is 0.333. The van der Waals surface area contributed by atoms with Crippen molar-refractivity contribution in [2.45, 2.75) is 12.5 Å². The molecule has 0 radical (unpaired) electrons. The van der Waals surface area contributed by atoms with Crippen molar-refractivity contribution in [3.63, 3.8) is 0 Å². The van der Waals surface area contributed by atoms with Crippen molar-refractivity contribution in [2.75, 3.05) is 19.0 Å². The molecule has 1 rings (SSSR count). The number of ether oxygens (including phenoxy) is 1. The Bertz CT molecular complexity index is 471. The van der Waals surface area contributed by atoms with E-state index in [4.69, 9.17) is 15.7 Å². The van der Waals surface area contributed by atoms with E-state index in [0.29, 0.717) is 18.7 Å². The lowest BCUT2D eigenvalue weighted by molar-refractivity contribution is -0.117. The van der Waals surface area contributed by atoms with Crippen LogP contribution in [-0.4, -0.2) is 25.7 Å². The highest BCUT2D eigenvalue weighted by Gasteiger charge is 2.13. The molecule has 0 aliphatic carbocycles. The lowest BCUT2D eigenvalue weighted by Crippen LogP contribution is -2.36. The number of rotatable bonds is 5. The number of nitriles is 1. The zero-order valence-electron chi connectivity index (χ0n) is 9.94. The van der Waals surface area contributed by atoms with Crippen molar-refractivity contribution in [1.82, 2.24) is 0 Å². The summed E-state index contributed by atoms with van der Waals surface area (Å²) in [7, 11) is 1.52. The fourth-order valence-electron chi connectivity index (χ4n) is 1.30. The summed E-state index contributed by atoms with van der Waals surface area (Å²) in [6, 6.07) is 4.74. The Morgan fingerprint density at radius 1 is 1.67 bits per heavy atom. The van der Waals surface area contributed by atoms with E-state index >= 15 is 0 Å². The number of carbonyl (C=O) groups excluding carboxylic acids is 1. The quantitative estimate of drug-likeness (QED) is 0.817. The van der Waals surface area contributed by atoms with Gasteiger partial charge in [-0.15, -0.1) is 0 Å². The zero-order chi connectivity index (χ0) is 13.5. The summed E-state index contributed by atoms with van der Waals surface area (Å²) in [6.45, 7) is 0.376.